The molecule has 2 N–H and O–H groups in total. The Kier molecular flexibility index (Phi) is 2.81. The first-order valence-electron chi connectivity index (χ1n) is 5.12. The summed E-state index contributed by atoms with van der Waals surface area (Å²) >= 11 is 0. The molecule has 1 saturated carbocycles. The van der Waals surface area contributed by atoms with Gasteiger partial charge in [0.25, 0.3) is 0 Å². The summed E-state index contributed by atoms with van der Waals surface area (Å²) in [5.74, 6) is 2.62. The van der Waals surface area contributed by atoms with Crippen LogP contribution in [0, 0.1) is 5.92 Å². The van der Waals surface area contributed by atoms with Gasteiger partial charge in [-0.1, -0.05) is 6.42 Å². The van der Waals surface area contributed by atoms with Gasteiger partial charge in [-0.3, -0.25) is 0 Å². The monoisotopic (exact) mass is 192 g/mol. The second kappa shape index (κ2) is 4.26. The predicted octanol–water partition coefficient (Wildman–Crippen LogP) is 1.73. The summed E-state index contributed by atoms with van der Waals surface area (Å²) < 4.78 is 0. The zero-order chi connectivity index (χ0) is 9.80. The summed E-state index contributed by atoms with van der Waals surface area (Å²) in [6.07, 6.45) is 5.68. The molecule has 0 amide bonds. The van der Waals surface area contributed by atoms with E-state index in [1.807, 2.05) is 13.1 Å². The first-order valence-corrected chi connectivity index (χ1v) is 5.12. The van der Waals surface area contributed by atoms with Crippen LogP contribution >= 0.6 is 0 Å². The summed E-state index contributed by atoms with van der Waals surface area (Å²) in [7, 11) is 1.86. The summed E-state index contributed by atoms with van der Waals surface area (Å²) in [5.41, 5.74) is 0. The maximum absolute atomic E-state index is 4.16. The molecule has 1 aromatic rings. The number of nitrogens with one attached hydrogen (secondary N) is 2. The highest BCUT2D eigenvalue weighted by Crippen LogP contribution is 2.26. The van der Waals surface area contributed by atoms with Crippen LogP contribution in [0.3, 0.4) is 0 Å². The minimum atomic E-state index is 0.850. The summed E-state index contributed by atoms with van der Waals surface area (Å²) in [6, 6.07) is 1.93. The van der Waals surface area contributed by atoms with Crippen molar-refractivity contribution in [1.29, 1.82) is 0 Å². The summed E-state index contributed by atoms with van der Waals surface area (Å²) in [4.78, 5) is 8.21. The second-order valence-corrected chi connectivity index (χ2v) is 3.72. The number of anilines is 2. The van der Waals surface area contributed by atoms with Gasteiger partial charge in [0.15, 0.2) is 0 Å². The van der Waals surface area contributed by atoms with Crippen LogP contribution in [0.4, 0.5) is 11.6 Å². The molecule has 1 heterocycles. The van der Waals surface area contributed by atoms with Crippen molar-refractivity contribution in [1.82, 2.24) is 9.97 Å². The lowest BCUT2D eigenvalue weighted by atomic mass is 9.85. The van der Waals surface area contributed by atoms with Gasteiger partial charge in [0.05, 0.1) is 0 Å². The van der Waals surface area contributed by atoms with Crippen LogP contribution in [0.25, 0.3) is 0 Å². The van der Waals surface area contributed by atoms with E-state index >= 15 is 0 Å². The molecule has 0 bridgehead atoms. The molecule has 14 heavy (non-hydrogen) atoms. The molecule has 1 aromatic heterocycles. The van der Waals surface area contributed by atoms with Crippen molar-refractivity contribution < 1.29 is 0 Å². The van der Waals surface area contributed by atoms with E-state index in [9.17, 15) is 0 Å². The smallest absolute Gasteiger partial charge is 0.131 e. The average Bonchev–Trinajstić information content (AvgIpc) is 2.16. The van der Waals surface area contributed by atoms with Crippen LogP contribution in [-0.2, 0) is 0 Å². The van der Waals surface area contributed by atoms with E-state index in [1.54, 1.807) is 6.33 Å². The quantitative estimate of drug-likeness (QED) is 0.762. The Hall–Kier alpha value is -1.32. The van der Waals surface area contributed by atoms with E-state index in [0.717, 1.165) is 24.1 Å². The Morgan fingerprint density at radius 1 is 1.36 bits per heavy atom. The van der Waals surface area contributed by atoms with Crippen LogP contribution < -0.4 is 10.6 Å². The Morgan fingerprint density at radius 3 is 2.79 bits per heavy atom. The lowest BCUT2D eigenvalue weighted by Crippen LogP contribution is -2.21. The Balaban J connectivity index is 1.87. The van der Waals surface area contributed by atoms with E-state index < -0.39 is 0 Å². The highest BCUT2D eigenvalue weighted by molar-refractivity contribution is 5.45. The molecule has 4 heteroatoms. The van der Waals surface area contributed by atoms with Gasteiger partial charge < -0.3 is 10.6 Å². The van der Waals surface area contributed by atoms with Crippen molar-refractivity contribution in [3.05, 3.63) is 12.4 Å². The van der Waals surface area contributed by atoms with Crippen LogP contribution in [0.2, 0.25) is 0 Å². The van der Waals surface area contributed by atoms with E-state index in [1.165, 1.54) is 19.3 Å². The fourth-order valence-electron chi connectivity index (χ4n) is 1.54. The van der Waals surface area contributed by atoms with Crippen molar-refractivity contribution in [3.8, 4) is 0 Å². The molecule has 0 atom stereocenters. The summed E-state index contributed by atoms with van der Waals surface area (Å²) in [6.45, 7) is 1.04. The maximum atomic E-state index is 4.16. The molecule has 76 valence electrons. The van der Waals surface area contributed by atoms with Crippen molar-refractivity contribution in [2.75, 3.05) is 24.2 Å². The second-order valence-electron chi connectivity index (χ2n) is 3.72. The molecule has 1 aliphatic carbocycles. The standard InChI is InChI=1S/C10H16N4/c1-11-9-5-10(14-7-13-9)12-6-8-3-2-4-8/h5,7-8H,2-4,6H2,1H3,(H2,11,12,13,14). The lowest BCUT2D eigenvalue weighted by molar-refractivity contribution is 0.333. The van der Waals surface area contributed by atoms with E-state index in [4.69, 9.17) is 0 Å². The highest BCUT2D eigenvalue weighted by Gasteiger charge is 2.16. The molecule has 2 rings (SSSR count). The Labute approximate surface area is 84.2 Å². The van der Waals surface area contributed by atoms with Gasteiger partial charge in [-0.05, 0) is 18.8 Å². The molecule has 0 unspecified atom stereocenters. The molecule has 0 spiro atoms. The van der Waals surface area contributed by atoms with Gasteiger partial charge in [0.2, 0.25) is 0 Å². The summed E-state index contributed by atoms with van der Waals surface area (Å²) in [5, 5.41) is 6.32. The minimum absolute atomic E-state index is 0.850. The highest BCUT2D eigenvalue weighted by atomic mass is 15.1. The van der Waals surface area contributed by atoms with Gasteiger partial charge in [-0.15, -0.1) is 0 Å². The molecule has 0 radical (unpaired) electrons. The van der Waals surface area contributed by atoms with Crippen molar-refractivity contribution >= 4 is 11.6 Å². The molecule has 1 fully saturated rings. The predicted molar refractivity (Wildman–Crippen MR) is 57.4 cm³/mol. The zero-order valence-corrected chi connectivity index (χ0v) is 8.45. The van der Waals surface area contributed by atoms with E-state index in [-0.39, 0.29) is 0 Å². The third kappa shape index (κ3) is 2.13. The van der Waals surface area contributed by atoms with Gasteiger partial charge >= 0.3 is 0 Å². The third-order valence-corrected chi connectivity index (χ3v) is 2.72. The van der Waals surface area contributed by atoms with Crippen molar-refractivity contribution in [3.63, 3.8) is 0 Å². The fraction of sp³-hybridized carbons (Fsp3) is 0.600. The molecule has 1 aliphatic rings. The normalized spacial score (nSPS) is 16.1. The van der Waals surface area contributed by atoms with Gasteiger partial charge in [0.1, 0.15) is 18.0 Å². The van der Waals surface area contributed by atoms with Crippen LogP contribution in [0.5, 0.6) is 0 Å². The number of aromatic nitrogens is 2. The molecule has 4 nitrogen and oxygen atoms in total. The van der Waals surface area contributed by atoms with Crippen LogP contribution in [0.1, 0.15) is 19.3 Å². The maximum Gasteiger partial charge on any atom is 0.131 e. The topological polar surface area (TPSA) is 49.8 Å². The van der Waals surface area contributed by atoms with E-state index in [2.05, 4.69) is 20.6 Å². The first kappa shape index (κ1) is 9.24. The van der Waals surface area contributed by atoms with Crippen LogP contribution in [0.15, 0.2) is 12.4 Å². The molecular formula is C10H16N4. The zero-order valence-electron chi connectivity index (χ0n) is 8.45. The first-order chi connectivity index (χ1) is 6.88. The van der Waals surface area contributed by atoms with Gasteiger partial charge in [-0.25, -0.2) is 9.97 Å². The molecule has 0 saturated heterocycles. The number of hydrogen-bond acceptors (Lipinski definition) is 4. The third-order valence-electron chi connectivity index (χ3n) is 2.72. The number of hydrogen-bond donors (Lipinski definition) is 2. The fourth-order valence-corrected chi connectivity index (χ4v) is 1.54. The average molecular weight is 192 g/mol. The number of nitrogens with zero attached hydrogens (tertiary/aromatic N) is 2. The lowest BCUT2D eigenvalue weighted by Gasteiger charge is -2.25. The Morgan fingerprint density at radius 2 is 2.14 bits per heavy atom. The van der Waals surface area contributed by atoms with Gasteiger partial charge in [0, 0.05) is 19.7 Å². The Bertz CT molecular complexity index is 296. The minimum Gasteiger partial charge on any atom is -0.373 e. The number of rotatable bonds is 4. The SMILES string of the molecule is CNc1cc(NCC2CCC2)ncn1. The molecule has 0 aliphatic heterocycles. The van der Waals surface area contributed by atoms with Crippen molar-refractivity contribution in [2.24, 2.45) is 5.92 Å². The van der Waals surface area contributed by atoms with Gasteiger partial charge in [-0.2, -0.15) is 0 Å². The van der Waals surface area contributed by atoms with E-state index in [0.29, 0.717) is 0 Å². The molecular weight excluding hydrogens is 176 g/mol. The van der Waals surface area contributed by atoms with Crippen molar-refractivity contribution in [2.45, 2.75) is 19.3 Å². The molecule has 0 aromatic carbocycles. The largest absolute Gasteiger partial charge is 0.373 e. The van der Waals surface area contributed by atoms with Crippen LogP contribution in [-0.4, -0.2) is 23.6 Å².